The summed E-state index contributed by atoms with van der Waals surface area (Å²) >= 11 is 0. The van der Waals surface area contributed by atoms with Crippen LogP contribution < -0.4 is 19.5 Å². The fraction of sp³-hybridized carbons (Fsp3) is 0.375. The summed E-state index contributed by atoms with van der Waals surface area (Å²) in [6, 6.07) is 14.9. The molecule has 2 aliphatic carbocycles. The van der Waals surface area contributed by atoms with Crippen LogP contribution in [0.3, 0.4) is 0 Å². The number of para-hydroxylation sites is 1. The number of rotatable bonds is 9. The fourth-order valence-electron chi connectivity index (χ4n) is 6.25. The largest absolute Gasteiger partial charge is 0.497 e. The molecule has 0 saturated heterocycles. The van der Waals surface area contributed by atoms with Crippen LogP contribution in [-0.4, -0.2) is 56.9 Å². The zero-order chi connectivity index (χ0) is 30.6. The van der Waals surface area contributed by atoms with E-state index in [0.29, 0.717) is 52.3 Å². The van der Waals surface area contributed by atoms with Crippen LogP contribution in [0.15, 0.2) is 54.7 Å². The first-order valence-electron chi connectivity index (χ1n) is 14.4. The lowest BCUT2D eigenvalue weighted by Crippen LogP contribution is -2.49. The Bertz CT molecular complexity index is 1850. The van der Waals surface area contributed by atoms with Gasteiger partial charge in [0.15, 0.2) is 11.5 Å². The topological polar surface area (TPSA) is 116 Å². The number of fused-ring (bicyclic) bond motifs is 3. The van der Waals surface area contributed by atoms with Crippen molar-refractivity contribution in [3.05, 3.63) is 77.4 Å². The van der Waals surface area contributed by atoms with Crippen molar-refractivity contribution in [2.75, 3.05) is 26.6 Å². The zero-order valence-electron chi connectivity index (χ0n) is 24.6. The monoisotopic (exact) mass is 602 g/mol. The second-order valence-electron chi connectivity index (χ2n) is 11.6. The summed E-state index contributed by atoms with van der Waals surface area (Å²) in [5.74, 6) is 0.736. The Kier molecular flexibility index (Phi) is 6.76. The van der Waals surface area contributed by atoms with Gasteiger partial charge in [-0.2, -0.15) is 4.52 Å². The van der Waals surface area contributed by atoms with Crippen LogP contribution in [-0.2, 0) is 12.1 Å². The molecule has 2 aromatic carbocycles. The highest BCUT2D eigenvalue weighted by Gasteiger charge is 2.56. The molecule has 12 heteroatoms. The van der Waals surface area contributed by atoms with Crippen molar-refractivity contribution in [3.8, 4) is 17.2 Å². The molecule has 0 radical (unpaired) electrons. The molecule has 3 aromatic heterocycles. The number of aliphatic hydroxyl groups is 1. The van der Waals surface area contributed by atoms with Crippen LogP contribution in [0, 0.1) is 0 Å². The molecule has 0 amide bonds. The number of aromatic nitrogens is 5. The smallest absolute Gasteiger partial charge is 0.254 e. The van der Waals surface area contributed by atoms with E-state index in [-0.39, 0.29) is 11.8 Å². The third-order valence-corrected chi connectivity index (χ3v) is 8.78. The average Bonchev–Trinajstić information content (AvgIpc) is 3.43. The van der Waals surface area contributed by atoms with Gasteiger partial charge in [-0.15, -0.1) is 5.10 Å². The first-order valence-corrected chi connectivity index (χ1v) is 14.4. The molecule has 228 valence electrons. The molecule has 44 heavy (non-hydrogen) atoms. The Morgan fingerprint density at radius 1 is 0.955 bits per heavy atom. The molecule has 2 fully saturated rings. The lowest BCUT2D eigenvalue weighted by Gasteiger charge is -2.43. The fourth-order valence-corrected chi connectivity index (χ4v) is 6.25. The first kappa shape index (κ1) is 28.2. The van der Waals surface area contributed by atoms with Crippen LogP contribution in [0.25, 0.3) is 16.6 Å². The molecule has 0 atom stereocenters. The molecule has 0 bridgehead atoms. The van der Waals surface area contributed by atoms with Crippen molar-refractivity contribution in [2.45, 2.75) is 55.6 Å². The zero-order valence-corrected chi connectivity index (χ0v) is 24.6. The van der Waals surface area contributed by atoms with Gasteiger partial charge in [0.05, 0.1) is 21.3 Å². The lowest BCUT2D eigenvalue weighted by molar-refractivity contribution is -0.210. The Balaban J connectivity index is 1.14. The van der Waals surface area contributed by atoms with E-state index in [1.165, 1.54) is 6.20 Å². The number of methoxy groups -OCH3 is 3. The van der Waals surface area contributed by atoms with Crippen molar-refractivity contribution < 1.29 is 28.1 Å². The number of hydrogen-bond donors (Lipinski definition) is 2. The standard InChI is InChI=1S/C32H32F2N6O4/c1-42-22-9-7-18(26(13-22)44-3)14-36-30-37-27-23(5-4-6-25(27)43-2)29-38-28(39-40(29)30)20-11-19(12-20)24-10-8-21(15-35-24)31(41)16-32(33,34)17-31/h4-10,13,15,19-20,41H,11-12,14,16-17H2,1-3H3,(H,36,37). The minimum absolute atomic E-state index is 0.117. The van der Waals surface area contributed by atoms with Gasteiger partial charge in [-0.1, -0.05) is 12.1 Å². The SMILES string of the molecule is COc1ccc(CNc2nc3c(OC)cccc3c3nc(C4CC(c5ccc(C6(O)CC(F)(F)C6)cn5)C4)nn23)c(OC)c1. The van der Waals surface area contributed by atoms with Gasteiger partial charge < -0.3 is 24.6 Å². The minimum atomic E-state index is -2.82. The Morgan fingerprint density at radius 3 is 2.43 bits per heavy atom. The number of nitrogens with one attached hydrogen (secondary N) is 1. The maximum Gasteiger partial charge on any atom is 0.254 e. The third kappa shape index (κ3) is 4.83. The molecule has 2 aliphatic rings. The number of anilines is 1. The van der Waals surface area contributed by atoms with Gasteiger partial charge in [-0.05, 0) is 43.2 Å². The van der Waals surface area contributed by atoms with E-state index in [1.807, 2.05) is 42.5 Å². The van der Waals surface area contributed by atoms with Crippen molar-refractivity contribution in [2.24, 2.45) is 0 Å². The maximum atomic E-state index is 13.4. The van der Waals surface area contributed by atoms with E-state index in [9.17, 15) is 13.9 Å². The number of nitrogens with zero attached hydrogens (tertiary/aromatic N) is 5. The molecular formula is C32H32F2N6O4. The van der Waals surface area contributed by atoms with Gasteiger partial charge in [0.1, 0.15) is 28.4 Å². The summed E-state index contributed by atoms with van der Waals surface area (Å²) in [5, 5.41) is 19.6. The molecule has 10 nitrogen and oxygen atoms in total. The summed E-state index contributed by atoms with van der Waals surface area (Å²) in [4.78, 5) is 14.4. The quantitative estimate of drug-likeness (QED) is 0.223. The van der Waals surface area contributed by atoms with Gasteiger partial charge in [0.2, 0.25) is 5.95 Å². The molecule has 0 spiro atoms. The number of benzene rings is 2. The van der Waals surface area contributed by atoms with Gasteiger partial charge >= 0.3 is 0 Å². The second-order valence-corrected chi connectivity index (χ2v) is 11.6. The van der Waals surface area contributed by atoms with Crippen LogP contribution >= 0.6 is 0 Å². The summed E-state index contributed by atoms with van der Waals surface area (Å²) in [7, 11) is 4.84. The summed E-state index contributed by atoms with van der Waals surface area (Å²) < 4.78 is 45.0. The minimum Gasteiger partial charge on any atom is -0.497 e. The predicted molar refractivity (Wildman–Crippen MR) is 159 cm³/mol. The molecule has 3 heterocycles. The molecule has 7 rings (SSSR count). The normalized spacial score (nSPS) is 20.1. The van der Waals surface area contributed by atoms with Crippen LogP contribution in [0.2, 0.25) is 0 Å². The lowest BCUT2D eigenvalue weighted by atomic mass is 9.71. The number of ether oxygens (including phenoxy) is 3. The molecule has 0 unspecified atom stereocenters. The Labute approximate surface area is 252 Å². The van der Waals surface area contributed by atoms with Crippen molar-refractivity contribution in [1.29, 1.82) is 0 Å². The van der Waals surface area contributed by atoms with Gasteiger partial charge in [-0.3, -0.25) is 4.98 Å². The predicted octanol–water partition coefficient (Wildman–Crippen LogP) is 5.59. The Hall–Kier alpha value is -4.58. The molecule has 2 N–H and O–H groups in total. The highest BCUT2D eigenvalue weighted by atomic mass is 19.3. The molecular weight excluding hydrogens is 570 g/mol. The molecule has 5 aromatic rings. The summed E-state index contributed by atoms with van der Waals surface area (Å²) in [6.07, 6.45) is 2.00. The van der Waals surface area contributed by atoms with Gasteiger partial charge in [-0.25, -0.2) is 18.7 Å². The summed E-state index contributed by atoms with van der Waals surface area (Å²) in [6.45, 7) is 0.422. The van der Waals surface area contributed by atoms with Crippen molar-refractivity contribution in [1.82, 2.24) is 24.6 Å². The van der Waals surface area contributed by atoms with Crippen LogP contribution in [0.1, 0.15) is 60.2 Å². The van der Waals surface area contributed by atoms with E-state index >= 15 is 0 Å². The van der Waals surface area contributed by atoms with Gasteiger partial charge in [0.25, 0.3) is 5.92 Å². The van der Waals surface area contributed by atoms with E-state index < -0.39 is 24.4 Å². The average molecular weight is 603 g/mol. The summed E-state index contributed by atoms with van der Waals surface area (Å²) in [5.41, 5.74) is 2.07. The van der Waals surface area contributed by atoms with Crippen LogP contribution in [0.5, 0.6) is 17.2 Å². The number of hydrogen-bond acceptors (Lipinski definition) is 9. The third-order valence-electron chi connectivity index (χ3n) is 8.78. The van der Waals surface area contributed by atoms with Crippen molar-refractivity contribution >= 4 is 22.5 Å². The first-order chi connectivity index (χ1) is 21.2. The Morgan fingerprint density at radius 2 is 1.75 bits per heavy atom. The van der Waals surface area contributed by atoms with Crippen molar-refractivity contribution in [3.63, 3.8) is 0 Å². The van der Waals surface area contributed by atoms with E-state index in [2.05, 4.69) is 10.3 Å². The van der Waals surface area contributed by atoms with E-state index in [4.69, 9.17) is 29.3 Å². The molecule has 2 saturated carbocycles. The maximum absolute atomic E-state index is 13.4. The van der Waals surface area contributed by atoms with Gasteiger partial charge in [0, 0.05) is 65.7 Å². The number of pyridine rings is 1. The van der Waals surface area contributed by atoms with Crippen LogP contribution in [0.4, 0.5) is 14.7 Å². The molecule has 0 aliphatic heterocycles. The van der Waals surface area contributed by atoms with E-state index in [1.54, 1.807) is 31.9 Å². The highest BCUT2D eigenvalue weighted by Crippen LogP contribution is 2.52. The number of halogens is 2. The second kappa shape index (κ2) is 10.5. The van der Waals surface area contributed by atoms with E-state index in [0.717, 1.165) is 29.5 Å². The highest BCUT2D eigenvalue weighted by molar-refractivity contribution is 5.96. The number of alkyl halides is 2.